The van der Waals surface area contributed by atoms with E-state index in [1.54, 1.807) is 13.8 Å². The van der Waals surface area contributed by atoms with Gasteiger partial charge in [-0.05, 0) is 51.7 Å². The minimum Gasteiger partial charge on any atom is -0.459 e. The molecule has 0 aromatic heterocycles. The molecule has 0 radical (unpaired) electrons. The van der Waals surface area contributed by atoms with Crippen molar-refractivity contribution in [3.8, 4) is 0 Å². The summed E-state index contributed by atoms with van der Waals surface area (Å²) < 4.78 is 29.1. The van der Waals surface area contributed by atoms with Gasteiger partial charge in [0.1, 0.15) is 11.7 Å². The summed E-state index contributed by atoms with van der Waals surface area (Å²) in [5.41, 5.74) is -6.38. The van der Waals surface area contributed by atoms with Crippen molar-refractivity contribution < 1.29 is 57.9 Å². The van der Waals surface area contributed by atoms with Gasteiger partial charge in [-0.15, -0.1) is 0 Å². The number of rotatable bonds is 13. The van der Waals surface area contributed by atoms with Crippen LogP contribution in [0.15, 0.2) is 23.3 Å². The minimum atomic E-state index is -2.58. The molecule has 0 bridgehead atoms. The number of hydrogen-bond acceptors (Lipinski definition) is 12. The van der Waals surface area contributed by atoms with Crippen LogP contribution in [-0.4, -0.2) is 81.3 Å². The quantitative estimate of drug-likeness (QED) is 0.0992. The molecule has 3 rings (SSSR count). The highest BCUT2D eigenvalue weighted by Crippen LogP contribution is 2.57. The molecule has 1 heterocycles. The van der Waals surface area contributed by atoms with Gasteiger partial charge in [0.15, 0.2) is 29.5 Å². The molecular weight excluding hydrogens is 588 g/mol. The molecule has 252 valence electrons. The third-order valence-electron chi connectivity index (χ3n) is 9.11. The highest BCUT2D eigenvalue weighted by atomic mass is 16.6. The van der Waals surface area contributed by atoms with Crippen LogP contribution in [0.4, 0.5) is 0 Å². The second kappa shape index (κ2) is 14.0. The smallest absolute Gasteiger partial charge is 0.341 e. The van der Waals surface area contributed by atoms with Gasteiger partial charge >= 0.3 is 29.8 Å². The Morgan fingerprint density at radius 3 is 2.13 bits per heavy atom. The van der Waals surface area contributed by atoms with Crippen LogP contribution in [0.25, 0.3) is 0 Å². The highest BCUT2D eigenvalue weighted by Gasteiger charge is 2.76. The molecule has 3 aliphatic rings. The van der Waals surface area contributed by atoms with Gasteiger partial charge < -0.3 is 33.9 Å². The second-order valence-electron chi connectivity index (χ2n) is 12.9. The summed E-state index contributed by atoms with van der Waals surface area (Å²) in [4.78, 5) is 64.6. The first-order valence-corrected chi connectivity index (χ1v) is 15.8. The molecule has 12 heteroatoms. The van der Waals surface area contributed by atoms with Crippen LogP contribution in [0.2, 0.25) is 0 Å². The lowest BCUT2D eigenvalue weighted by atomic mass is 9.75. The average Bonchev–Trinajstić information content (AvgIpc) is 3.27. The summed E-state index contributed by atoms with van der Waals surface area (Å²) in [6.07, 6.45) is -1.38. The van der Waals surface area contributed by atoms with Crippen molar-refractivity contribution in [2.24, 2.45) is 5.92 Å². The van der Waals surface area contributed by atoms with Crippen LogP contribution < -0.4 is 0 Å². The van der Waals surface area contributed by atoms with Crippen LogP contribution in [0.3, 0.4) is 0 Å². The van der Waals surface area contributed by atoms with Crippen LogP contribution >= 0.6 is 0 Å². The number of fused-ring (bicyclic) bond motifs is 3. The van der Waals surface area contributed by atoms with Gasteiger partial charge in [0.05, 0.1) is 5.92 Å². The summed E-state index contributed by atoms with van der Waals surface area (Å²) in [6, 6.07) is 0. The topological polar surface area (TPSA) is 172 Å². The summed E-state index contributed by atoms with van der Waals surface area (Å²) >= 11 is 0. The van der Waals surface area contributed by atoms with Crippen molar-refractivity contribution in [1.82, 2.24) is 0 Å². The van der Waals surface area contributed by atoms with E-state index >= 15 is 0 Å². The Labute approximate surface area is 264 Å². The monoisotopic (exact) mass is 636 g/mol. The Morgan fingerprint density at radius 2 is 1.56 bits per heavy atom. The minimum absolute atomic E-state index is 0.0267. The van der Waals surface area contributed by atoms with Gasteiger partial charge in [0, 0.05) is 31.8 Å². The van der Waals surface area contributed by atoms with E-state index in [4.69, 9.17) is 23.7 Å². The van der Waals surface area contributed by atoms with E-state index in [9.17, 15) is 34.2 Å². The number of aliphatic hydroxyl groups is 2. The molecule has 45 heavy (non-hydrogen) atoms. The molecule has 12 nitrogen and oxygen atoms in total. The zero-order valence-electron chi connectivity index (χ0n) is 27.4. The first kappa shape index (κ1) is 36.2. The molecule has 1 saturated carbocycles. The summed E-state index contributed by atoms with van der Waals surface area (Å²) in [7, 11) is 0. The second-order valence-corrected chi connectivity index (χ2v) is 12.9. The molecular formula is C33H48O12. The SMILES string of the molecule is C=C(C)C(=O)O[C@H]1C(C)=C2[C@H]([C@@H]1OC(=O)CCCCCCC)[C@@](C)(OC(C)=O)C[C@H](OC(=O)CCC)[C@@]1(O)[C@H]2OC(=O)[C@@]1(C)O. The Morgan fingerprint density at radius 1 is 0.933 bits per heavy atom. The fraction of sp³-hybridized carbons (Fsp3) is 0.727. The lowest BCUT2D eigenvalue weighted by molar-refractivity contribution is -0.212. The van der Waals surface area contributed by atoms with Gasteiger partial charge in [-0.1, -0.05) is 46.1 Å². The summed E-state index contributed by atoms with van der Waals surface area (Å²) in [6.45, 7) is 14.2. The molecule has 8 atom stereocenters. The average molecular weight is 637 g/mol. The Hall–Kier alpha value is -3.25. The maximum atomic E-state index is 13.3. The Balaban J connectivity index is 2.22. The fourth-order valence-electron chi connectivity index (χ4n) is 6.79. The predicted molar refractivity (Wildman–Crippen MR) is 159 cm³/mol. The number of hydrogen-bond donors (Lipinski definition) is 2. The molecule has 0 spiro atoms. The molecule has 0 amide bonds. The van der Waals surface area contributed by atoms with E-state index in [2.05, 4.69) is 13.5 Å². The first-order valence-electron chi connectivity index (χ1n) is 15.8. The van der Waals surface area contributed by atoms with Crippen molar-refractivity contribution >= 4 is 29.8 Å². The van der Waals surface area contributed by atoms with E-state index in [1.165, 1.54) is 20.8 Å². The van der Waals surface area contributed by atoms with Gasteiger partial charge in [-0.3, -0.25) is 14.4 Å². The van der Waals surface area contributed by atoms with E-state index in [1.807, 2.05) is 0 Å². The molecule has 2 fully saturated rings. The normalized spacial score (nSPS) is 33.8. The van der Waals surface area contributed by atoms with Crippen molar-refractivity contribution in [1.29, 1.82) is 0 Å². The third-order valence-corrected chi connectivity index (χ3v) is 9.11. The zero-order chi connectivity index (χ0) is 33.9. The number of carbonyl (C=O) groups is 5. The highest BCUT2D eigenvalue weighted by molar-refractivity contribution is 5.88. The predicted octanol–water partition coefficient (Wildman–Crippen LogP) is 3.54. The van der Waals surface area contributed by atoms with Gasteiger partial charge in [-0.25, -0.2) is 9.59 Å². The van der Waals surface area contributed by atoms with Crippen molar-refractivity contribution in [2.75, 3.05) is 0 Å². The molecule has 0 aromatic carbocycles. The van der Waals surface area contributed by atoms with E-state index < -0.39 is 83.4 Å². The third kappa shape index (κ3) is 6.96. The number of unbranched alkanes of at least 4 members (excludes halogenated alkanes) is 4. The summed E-state index contributed by atoms with van der Waals surface area (Å²) in [5.74, 6) is -5.16. The number of carbonyl (C=O) groups excluding carboxylic acids is 5. The Kier molecular flexibility index (Phi) is 11.3. The largest absolute Gasteiger partial charge is 0.459 e. The van der Waals surface area contributed by atoms with Crippen molar-refractivity contribution in [3.63, 3.8) is 0 Å². The fourth-order valence-corrected chi connectivity index (χ4v) is 6.79. The molecule has 1 saturated heterocycles. The molecule has 2 N–H and O–H groups in total. The number of ether oxygens (including phenoxy) is 5. The lowest BCUT2D eigenvalue weighted by Gasteiger charge is -2.41. The van der Waals surface area contributed by atoms with Gasteiger partial charge in [0.2, 0.25) is 0 Å². The van der Waals surface area contributed by atoms with Crippen LogP contribution in [-0.2, 0) is 47.7 Å². The maximum Gasteiger partial charge on any atom is 0.341 e. The van der Waals surface area contributed by atoms with Gasteiger partial charge in [-0.2, -0.15) is 0 Å². The number of esters is 5. The molecule has 2 aliphatic carbocycles. The standard InChI is InChI=1S/C33H48O12/c1-9-11-12-13-14-16-23(36)42-27-25-24(19(5)26(27)43-29(37)18(3)4)28-33(40,32(8,39)30(38)44-28)21(41-22(35)15-10-2)17-31(25,7)45-20(6)34/h21,25-28,39-40H,3,9-17H2,1-2,4-8H3/t21-,25+,26-,27-,28-,31-,32+,33+/m0/s1. The zero-order valence-corrected chi connectivity index (χ0v) is 27.4. The van der Waals surface area contributed by atoms with E-state index in [0.717, 1.165) is 32.6 Å². The van der Waals surface area contributed by atoms with E-state index in [-0.39, 0.29) is 29.6 Å². The molecule has 0 aromatic rings. The van der Waals surface area contributed by atoms with Crippen LogP contribution in [0.1, 0.15) is 106 Å². The van der Waals surface area contributed by atoms with Crippen LogP contribution in [0, 0.1) is 5.92 Å². The first-order chi connectivity index (χ1) is 21.0. The Bertz CT molecular complexity index is 1230. The lowest BCUT2D eigenvalue weighted by Crippen LogP contribution is -2.64. The summed E-state index contributed by atoms with van der Waals surface area (Å²) in [5, 5.41) is 23.8. The van der Waals surface area contributed by atoms with Crippen molar-refractivity contribution in [2.45, 2.75) is 147 Å². The molecule has 1 aliphatic heterocycles. The maximum absolute atomic E-state index is 13.3. The van der Waals surface area contributed by atoms with Gasteiger partial charge in [0.25, 0.3) is 0 Å². The van der Waals surface area contributed by atoms with Crippen LogP contribution in [0.5, 0.6) is 0 Å². The van der Waals surface area contributed by atoms with Crippen molar-refractivity contribution in [3.05, 3.63) is 23.3 Å². The van der Waals surface area contributed by atoms with E-state index in [0.29, 0.717) is 12.8 Å². The molecule has 0 unspecified atom stereocenters.